The maximum Gasteiger partial charge on any atom is 0.191 e. The summed E-state index contributed by atoms with van der Waals surface area (Å²) in [7, 11) is 1.83. The molecule has 1 aliphatic rings. The van der Waals surface area contributed by atoms with Crippen LogP contribution >= 0.6 is 0 Å². The van der Waals surface area contributed by atoms with E-state index in [1.165, 1.54) is 5.56 Å². The van der Waals surface area contributed by atoms with Crippen molar-refractivity contribution in [2.75, 3.05) is 39.9 Å². The molecule has 2 N–H and O–H groups in total. The molecule has 1 aromatic carbocycles. The molecule has 25 heavy (non-hydrogen) atoms. The molecule has 0 bridgehead atoms. The van der Waals surface area contributed by atoms with E-state index in [1.54, 1.807) is 0 Å². The summed E-state index contributed by atoms with van der Waals surface area (Å²) in [5, 5.41) is 6.89. The SMILES string of the molecule is CN=C(NCCOCC(C)C)NC1CCN(Cc2ccccc2)CC1. The highest BCUT2D eigenvalue weighted by Gasteiger charge is 2.19. The monoisotopic (exact) mass is 346 g/mol. The van der Waals surface area contributed by atoms with Gasteiger partial charge in [-0.25, -0.2) is 0 Å². The normalized spacial score (nSPS) is 17.0. The first-order chi connectivity index (χ1) is 12.2. The van der Waals surface area contributed by atoms with Crippen molar-refractivity contribution in [2.24, 2.45) is 10.9 Å². The lowest BCUT2D eigenvalue weighted by Crippen LogP contribution is -2.49. The number of likely N-dealkylation sites (tertiary alicyclic amines) is 1. The molecular formula is C20H34N4O. The number of nitrogens with zero attached hydrogens (tertiary/aromatic N) is 2. The average molecular weight is 347 g/mol. The van der Waals surface area contributed by atoms with E-state index in [-0.39, 0.29) is 0 Å². The summed E-state index contributed by atoms with van der Waals surface area (Å²) in [4.78, 5) is 6.86. The minimum absolute atomic E-state index is 0.495. The van der Waals surface area contributed by atoms with Gasteiger partial charge in [-0.3, -0.25) is 9.89 Å². The molecule has 1 heterocycles. The number of piperidine rings is 1. The Morgan fingerprint density at radius 3 is 2.60 bits per heavy atom. The first-order valence-electron chi connectivity index (χ1n) is 9.48. The fraction of sp³-hybridized carbons (Fsp3) is 0.650. The number of ether oxygens (including phenoxy) is 1. The van der Waals surface area contributed by atoms with Gasteiger partial charge < -0.3 is 15.4 Å². The van der Waals surface area contributed by atoms with Crippen LogP contribution in [0.15, 0.2) is 35.3 Å². The Kier molecular flexibility index (Phi) is 8.77. The van der Waals surface area contributed by atoms with Gasteiger partial charge in [0, 0.05) is 45.9 Å². The molecular weight excluding hydrogens is 312 g/mol. The number of hydrogen-bond donors (Lipinski definition) is 2. The molecule has 0 unspecified atom stereocenters. The Morgan fingerprint density at radius 2 is 1.96 bits per heavy atom. The van der Waals surface area contributed by atoms with Crippen LogP contribution in [-0.4, -0.2) is 56.8 Å². The zero-order valence-electron chi connectivity index (χ0n) is 16.0. The molecule has 0 aromatic heterocycles. The van der Waals surface area contributed by atoms with Crippen molar-refractivity contribution in [1.82, 2.24) is 15.5 Å². The highest BCUT2D eigenvalue weighted by atomic mass is 16.5. The van der Waals surface area contributed by atoms with Crippen LogP contribution in [0.5, 0.6) is 0 Å². The molecule has 1 fully saturated rings. The smallest absolute Gasteiger partial charge is 0.191 e. The first kappa shape index (κ1) is 19.7. The van der Waals surface area contributed by atoms with E-state index < -0.39 is 0 Å². The van der Waals surface area contributed by atoms with Gasteiger partial charge >= 0.3 is 0 Å². The third-order valence-corrected chi connectivity index (χ3v) is 4.39. The predicted octanol–water partition coefficient (Wildman–Crippen LogP) is 2.49. The van der Waals surface area contributed by atoms with Gasteiger partial charge in [0.2, 0.25) is 0 Å². The van der Waals surface area contributed by atoms with Crippen molar-refractivity contribution >= 4 is 5.96 Å². The van der Waals surface area contributed by atoms with Gasteiger partial charge in [-0.05, 0) is 24.3 Å². The van der Waals surface area contributed by atoms with Crippen LogP contribution in [0.4, 0.5) is 0 Å². The van der Waals surface area contributed by atoms with Crippen LogP contribution in [0.1, 0.15) is 32.3 Å². The number of aliphatic imine (C=N–C) groups is 1. The topological polar surface area (TPSA) is 48.9 Å². The minimum atomic E-state index is 0.495. The van der Waals surface area contributed by atoms with Crippen LogP contribution in [0.25, 0.3) is 0 Å². The Hall–Kier alpha value is -1.59. The van der Waals surface area contributed by atoms with Gasteiger partial charge in [0.25, 0.3) is 0 Å². The van der Waals surface area contributed by atoms with Gasteiger partial charge in [-0.2, -0.15) is 0 Å². The third kappa shape index (κ3) is 7.88. The summed E-state index contributed by atoms with van der Waals surface area (Å²) in [5.74, 6) is 1.47. The van der Waals surface area contributed by atoms with Gasteiger partial charge in [-0.15, -0.1) is 0 Å². The molecule has 0 radical (unpaired) electrons. The molecule has 0 atom stereocenters. The number of rotatable bonds is 8. The molecule has 0 aliphatic carbocycles. The fourth-order valence-electron chi connectivity index (χ4n) is 3.03. The summed E-state index contributed by atoms with van der Waals surface area (Å²) in [6, 6.07) is 11.2. The van der Waals surface area contributed by atoms with Crippen LogP contribution in [0.2, 0.25) is 0 Å². The average Bonchev–Trinajstić information content (AvgIpc) is 2.62. The Balaban J connectivity index is 1.62. The summed E-state index contributed by atoms with van der Waals surface area (Å²) in [6.07, 6.45) is 2.30. The zero-order chi connectivity index (χ0) is 17.9. The summed E-state index contributed by atoms with van der Waals surface area (Å²) in [6.45, 7) is 9.95. The zero-order valence-corrected chi connectivity index (χ0v) is 16.0. The van der Waals surface area contributed by atoms with Crippen LogP contribution in [0, 0.1) is 5.92 Å². The summed E-state index contributed by atoms with van der Waals surface area (Å²) >= 11 is 0. The van der Waals surface area contributed by atoms with Gasteiger partial charge in [-0.1, -0.05) is 44.2 Å². The quantitative estimate of drug-likeness (QED) is 0.431. The van der Waals surface area contributed by atoms with Crippen molar-refractivity contribution in [1.29, 1.82) is 0 Å². The lowest BCUT2D eigenvalue weighted by Gasteiger charge is -2.33. The van der Waals surface area contributed by atoms with Gasteiger partial charge in [0.15, 0.2) is 5.96 Å². The number of hydrogen-bond acceptors (Lipinski definition) is 3. The van der Waals surface area contributed by atoms with Crippen molar-refractivity contribution in [3.63, 3.8) is 0 Å². The molecule has 2 rings (SSSR count). The lowest BCUT2D eigenvalue weighted by atomic mass is 10.0. The molecule has 1 saturated heterocycles. The van der Waals surface area contributed by atoms with Crippen molar-refractivity contribution in [3.05, 3.63) is 35.9 Å². The fourth-order valence-corrected chi connectivity index (χ4v) is 3.03. The van der Waals surface area contributed by atoms with Gasteiger partial charge in [0.1, 0.15) is 0 Å². The van der Waals surface area contributed by atoms with E-state index in [9.17, 15) is 0 Å². The van der Waals surface area contributed by atoms with Crippen LogP contribution in [-0.2, 0) is 11.3 Å². The van der Waals surface area contributed by atoms with Crippen molar-refractivity contribution < 1.29 is 4.74 Å². The highest BCUT2D eigenvalue weighted by molar-refractivity contribution is 5.79. The number of nitrogens with one attached hydrogen (secondary N) is 2. The first-order valence-corrected chi connectivity index (χ1v) is 9.48. The third-order valence-electron chi connectivity index (χ3n) is 4.39. The Bertz CT molecular complexity index is 496. The Labute approximate surface area is 152 Å². The van der Waals surface area contributed by atoms with E-state index in [1.807, 2.05) is 7.05 Å². The minimum Gasteiger partial charge on any atom is -0.379 e. The Morgan fingerprint density at radius 1 is 1.24 bits per heavy atom. The molecule has 1 aliphatic heterocycles. The maximum atomic E-state index is 5.60. The predicted molar refractivity (Wildman–Crippen MR) is 105 cm³/mol. The molecule has 0 amide bonds. The molecule has 0 spiro atoms. The standard InChI is InChI=1S/C20H34N4O/c1-17(2)16-25-14-11-22-20(21-3)23-19-9-12-24(13-10-19)15-18-7-5-4-6-8-18/h4-8,17,19H,9-16H2,1-3H3,(H2,21,22,23). The van der Waals surface area contributed by atoms with E-state index >= 15 is 0 Å². The molecule has 5 heteroatoms. The second-order valence-electron chi connectivity index (χ2n) is 7.15. The van der Waals surface area contributed by atoms with E-state index in [4.69, 9.17) is 4.74 Å². The van der Waals surface area contributed by atoms with E-state index in [0.717, 1.165) is 51.6 Å². The molecule has 5 nitrogen and oxygen atoms in total. The molecule has 1 aromatic rings. The largest absolute Gasteiger partial charge is 0.379 e. The molecule has 0 saturated carbocycles. The van der Waals surface area contributed by atoms with E-state index in [2.05, 4.69) is 64.7 Å². The second-order valence-corrected chi connectivity index (χ2v) is 7.15. The maximum absolute atomic E-state index is 5.60. The van der Waals surface area contributed by atoms with Gasteiger partial charge in [0.05, 0.1) is 6.61 Å². The van der Waals surface area contributed by atoms with Crippen molar-refractivity contribution in [2.45, 2.75) is 39.3 Å². The number of guanidine groups is 1. The molecule has 140 valence electrons. The van der Waals surface area contributed by atoms with Crippen molar-refractivity contribution in [3.8, 4) is 0 Å². The summed E-state index contributed by atoms with van der Waals surface area (Å²) in [5.41, 5.74) is 1.40. The van der Waals surface area contributed by atoms with Crippen LogP contribution in [0.3, 0.4) is 0 Å². The number of benzene rings is 1. The van der Waals surface area contributed by atoms with Crippen LogP contribution < -0.4 is 10.6 Å². The second kappa shape index (κ2) is 11.1. The van der Waals surface area contributed by atoms with E-state index in [0.29, 0.717) is 18.6 Å². The summed E-state index contributed by atoms with van der Waals surface area (Å²) < 4.78 is 5.60. The lowest BCUT2D eigenvalue weighted by molar-refractivity contribution is 0.114. The highest BCUT2D eigenvalue weighted by Crippen LogP contribution is 2.13.